The standard InChI is InChI=1S/C19H28ClN3O2S/c1-14(2)11-16-13-25-8-5-23(16)19(24)21-15-3-4-18(17(20)12-15)22-6-9-26-10-7-22/h3-4,12,14,16H,5-11,13H2,1-2H3,(H,21,24). The summed E-state index contributed by atoms with van der Waals surface area (Å²) in [6.45, 7) is 8.19. The van der Waals surface area contributed by atoms with Crippen molar-refractivity contribution >= 4 is 40.8 Å². The second-order valence-corrected chi connectivity index (χ2v) is 8.88. The van der Waals surface area contributed by atoms with Gasteiger partial charge in [0.2, 0.25) is 0 Å². The van der Waals surface area contributed by atoms with Crippen molar-refractivity contribution in [3.8, 4) is 0 Å². The topological polar surface area (TPSA) is 44.8 Å². The number of amides is 2. The monoisotopic (exact) mass is 397 g/mol. The predicted molar refractivity (Wildman–Crippen MR) is 111 cm³/mol. The summed E-state index contributed by atoms with van der Waals surface area (Å²) in [5, 5.41) is 3.70. The summed E-state index contributed by atoms with van der Waals surface area (Å²) >= 11 is 8.47. The van der Waals surface area contributed by atoms with Crippen LogP contribution in [0.5, 0.6) is 0 Å². The van der Waals surface area contributed by atoms with Crippen LogP contribution in [0.25, 0.3) is 0 Å². The van der Waals surface area contributed by atoms with E-state index in [0.29, 0.717) is 30.7 Å². The van der Waals surface area contributed by atoms with Crippen molar-refractivity contribution < 1.29 is 9.53 Å². The van der Waals surface area contributed by atoms with Gasteiger partial charge in [-0.25, -0.2) is 4.79 Å². The van der Waals surface area contributed by atoms with Crippen LogP contribution >= 0.6 is 23.4 Å². The summed E-state index contributed by atoms with van der Waals surface area (Å²) in [5.41, 5.74) is 1.79. The van der Waals surface area contributed by atoms with E-state index in [1.54, 1.807) is 0 Å². The van der Waals surface area contributed by atoms with Crippen LogP contribution in [-0.4, -0.2) is 61.3 Å². The maximum atomic E-state index is 12.8. The van der Waals surface area contributed by atoms with Gasteiger partial charge in [0.1, 0.15) is 0 Å². The summed E-state index contributed by atoms with van der Waals surface area (Å²) in [7, 11) is 0. The molecule has 26 heavy (non-hydrogen) atoms. The third kappa shape index (κ3) is 4.99. The molecule has 1 unspecified atom stereocenters. The predicted octanol–water partition coefficient (Wildman–Crippen LogP) is 4.17. The molecule has 1 aromatic rings. The minimum atomic E-state index is -0.0721. The molecular weight excluding hydrogens is 370 g/mol. The van der Waals surface area contributed by atoms with Gasteiger partial charge in [0.25, 0.3) is 0 Å². The Morgan fingerprint density at radius 2 is 2.12 bits per heavy atom. The molecule has 3 rings (SSSR count). The van der Waals surface area contributed by atoms with Gasteiger partial charge in [-0.2, -0.15) is 11.8 Å². The van der Waals surface area contributed by atoms with Crippen LogP contribution in [-0.2, 0) is 4.74 Å². The number of carbonyl (C=O) groups is 1. The first-order valence-electron chi connectivity index (χ1n) is 9.32. The number of nitrogens with one attached hydrogen (secondary N) is 1. The zero-order valence-corrected chi connectivity index (χ0v) is 17.1. The molecule has 2 saturated heterocycles. The van der Waals surface area contributed by atoms with Crippen LogP contribution in [0.3, 0.4) is 0 Å². The molecule has 0 radical (unpaired) electrons. The Bertz CT molecular complexity index is 623. The molecule has 2 aliphatic heterocycles. The Morgan fingerprint density at radius 3 is 2.81 bits per heavy atom. The van der Waals surface area contributed by atoms with Gasteiger partial charge in [-0.05, 0) is 30.5 Å². The van der Waals surface area contributed by atoms with E-state index in [1.807, 2.05) is 34.9 Å². The highest BCUT2D eigenvalue weighted by Gasteiger charge is 2.28. The largest absolute Gasteiger partial charge is 0.377 e. The second-order valence-electron chi connectivity index (χ2n) is 7.25. The number of nitrogens with zero attached hydrogens (tertiary/aromatic N) is 2. The number of hydrogen-bond donors (Lipinski definition) is 1. The normalized spacial score (nSPS) is 21.2. The van der Waals surface area contributed by atoms with E-state index < -0.39 is 0 Å². The number of benzene rings is 1. The molecule has 0 bridgehead atoms. The van der Waals surface area contributed by atoms with Gasteiger partial charge < -0.3 is 19.9 Å². The fourth-order valence-corrected chi connectivity index (χ4v) is 4.71. The zero-order chi connectivity index (χ0) is 18.5. The molecule has 2 aliphatic rings. The average Bonchev–Trinajstić information content (AvgIpc) is 2.62. The van der Waals surface area contributed by atoms with Crippen molar-refractivity contribution in [1.29, 1.82) is 0 Å². The van der Waals surface area contributed by atoms with E-state index in [2.05, 4.69) is 24.1 Å². The lowest BCUT2D eigenvalue weighted by Gasteiger charge is -2.36. The summed E-state index contributed by atoms with van der Waals surface area (Å²) < 4.78 is 5.57. The summed E-state index contributed by atoms with van der Waals surface area (Å²) in [6, 6.07) is 5.87. The zero-order valence-electron chi connectivity index (χ0n) is 15.5. The Hall–Kier alpha value is -1.11. The van der Waals surface area contributed by atoms with Crippen LogP contribution in [0.15, 0.2) is 18.2 Å². The van der Waals surface area contributed by atoms with E-state index in [-0.39, 0.29) is 12.1 Å². The number of ether oxygens (including phenoxy) is 1. The van der Waals surface area contributed by atoms with Crippen molar-refractivity contribution in [3.05, 3.63) is 23.2 Å². The van der Waals surface area contributed by atoms with Gasteiger partial charge in [0, 0.05) is 36.8 Å². The van der Waals surface area contributed by atoms with Gasteiger partial charge in [-0.3, -0.25) is 0 Å². The minimum Gasteiger partial charge on any atom is -0.377 e. The molecule has 5 nitrogen and oxygen atoms in total. The minimum absolute atomic E-state index is 0.0721. The second kappa shape index (κ2) is 9.20. The SMILES string of the molecule is CC(C)CC1COCCN1C(=O)Nc1ccc(N2CCSCC2)c(Cl)c1. The lowest BCUT2D eigenvalue weighted by molar-refractivity contribution is 0.00857. The number of halogens is 1. The van der Waals surface area contributed by atoms with Crippen molar-refractivity contribution in [2.24, 2.45) is 5.92 Å². The highest BCUT2D eigenvalue weighted by atomic mass is 35.5. The first kappa shape index (κ1) is 19.6. The van der Waals surface area contributed by atoms with Crippen LogP contribution in [0.2, 0.25) is 5.02 Å². The number of morpholine rings is 1. The van der Waals surface area contributed by atoms with Crippen LogP contribution in [0.4, 0.5) is 16.2 Å². The third-order valence-corrected chi connectivity index (χ3v) is 6.03. The highest BCUT2D eigenvalue weighted by Crippen LogP contribution is 2.31. The van der Waals surface area contributed by atoms with Gasteiger partial charge in [0.05, 0.1) is 30.0 Å². The van der Waals surface area contributed by atoms with Gasteiger partial charge in [0.15, 0.2) is 0 Å². The number of anilines is 2. The molecule has 0 saturated carbocycles. The van der Waals surface area contributed by atoms with Gasteiger partial charge in [-0.1, -0.05) is 25.4 Å². The van der Waals surface area contributed by atoms with Crippen molar-refractivity contribution in [2.75, 3.05) is 54.6 Å². The lowest BCUT2D eigenvalue weighted by Crippen LogP contribution is -2.50. The van der Waals surface area contributed by atoms with Crippen molar-refractivity contribution in [2.45, 2.75) is 26.3 Å². The molecule has 1 N–H and O–H groups in total. The lowest BCUT2D eigenvalue weighted by atomic mass is 10.0. The Morgan fingerprint density at radius 1 is 1.35 bits per heavy atom. The fourth-order valence-electron chi connectivity index (χ4n) is 3.50. The molecule has 2 heterocycles. The molecule has 144 valence electrons. The number of urea groups is 1. The third-order valence-electron chi connectivity index (χ3n) is 4.78. The van der Waals surface area contributed by atoms with E-state index >= 15 is 0 Å². The Kier molecular flexibility index (Phi) is 6.95. The number of carbonyl (C=O) groups excluding carboxylic acids is 1. The number of rotatable bonds is 4. The molecule has 7 heteroatoms. The summed E-state index contributed by atoms with van der Waals surface area (Å²) in [6.07, 6.45) is 0.945. The van der Waals surface area contributed by atoms with Crippen LogP contribution in [0, 0.1) is 5.92 Å². The molecule has 2 fully saturated rings. The van der Waals surface area contributed by atoms with Gasteiger partial charge in [-0.15, -0.1) is 0 Å². The quantitative estimate of drug-likeness (QED) is 0.828. The van der Waals surface area contributed by atoms with E-state index in [1.165, 1.54) is 0 Å². The van der Waals surface area contributed by atoms with E-state index in [4.69, 9.17) is 16.3 Å². The maximum Gasteiger partial charge on any atom is 0.322 e. The van der Waals surface area contributed by atoms with Crippen molar-refractivity contribution in [1.82, 2.24) is 4.90 Å². The molecule has 0 aliphatic carbocycles. The van der Waals surface area contributed by atoms with Crippen LogP contribution < -0.4 is 10.2 Å². The molecular formula is C19H28ClN3O2S. The fraction of sp³-hybridized carbons (Fsp3) is 0.632. The number of thioether (sulfide) groups is 1. The first-order chi connectivity index (χ1) is 12.5. The van der Waals surface area contributed by atoms with Gasteiger partial charge >= 0.3 is 6.03 Å². The molecule has 0 aromatic heterocycles. The van der Waals surface area contributed by atoms with Crippen LogP contribution in [0.1, 0.15) is 20.3 Å². The molecule has 1 aromatic carbocycles. The summed E-state index contributed by atoms with van der Waals surface area (Å²) in [4.78, 5) is 17.0. The number of hydrogen-bond acceptors (Lipinski definition) is 4. The summed E-state index contributed by atoms with van der Waals surface area (Å²) in [5.74, 6) is 2.78. The van der Waals surface area contributed by atoms with E-state index in [9.17, 15) is 4.79 Å². The smallest absolute Gasteiger partial charge is 0.322 e. The van der Waals surface area contributed by atoms with Crippen molar-refractivity contribution in [3.63, 3.8) is 0 Å². The molecule has 0 spiro atoms. The Labute approximate surface area is 165 Å². The average molecular weight is 398 g/mol. The molecule has 2 amide bonds. The Balaban J connectivity index is 1.65. The first-order valence-corrected chi connectivity index (χ1v) is 10.9. The highest BCUT2D eigenvalue weighted by molar-refractivity contribution is 7.99. The van der Waals surface area contributed by atoms with E-state index in [0.717, 1.165) is 42.4 Å². The maximum absolute atomic E-state index is 12.8. The molecule has 1 atom stereocenters.